The van der Waals surface area contributed by atoms with Crippen molar-refractivity contribution in [3.05, 3.63) is 75.8 Å². The average molecular weight is 403 g/mol. The monoisotopic (exact) mass is 402 g/mol. The Labute approximate surface area is 171 Å². The van der Waals surface area contributed by atoms with Crippen molar-refractivity contribution in [1.82, 2.24) is 10.2 Å². The van der Waals surface area contributed by atoms with Crippen LogP contribution in [-0.4, -0.2) is 29.9 Å². The van der Waals surface area contributed by atoms with Gasteiger partial charge >= 0.3 is 0 Å². The third-order valence-electron chi connectivity index (χ3n) is 4.76. The van der Waals surface area contributed by atoms with E-state index in [0.717, 1.165) is 43.6 Å². The molecule has 2 aromatic carbocycles. The van der Waals surface area contributed by atoms with Crippen LogP contribution in [0.2, 0.25) is 10.0 Å². The molecule has 0 atom stereocenters. The molecule has 1 amide bonds. The lowest BCUT2D eigenvalue weighted by atomic mass is 10.0. The van der Waals surface area contributed by atoms with Gasteiger partial charge in [-0.25, -0.2) is 0 Å². The van der Waals surface area contributed by atoms with E-state index < -0.39 is 0 Å². The van der Waals surface area contributed by atoms with Gasteiger partial charge in [0, 0.05) is 32.1 Å². The molecule has 5 heteroatoms. The van der Waals surface area contributed by atoms with Gasteiger partial charge in [-0.1, -0.05) is 71.8 Å². The maximum absolute atomic E-state index is 12.1. The number of nitrogens with one attached hydrogen (secondary N) is 1. The van der Waals surface area contributed by atoms with Crippen LogP contribution in [0.15, 0.2) is 54.6 Å². The van der Waals surface area contributed by atoms with E-state index in [-0.39, 0.29) is 11.9 Å². The molecule has 0 unspecified atom stereocenters. The van der Waals surface area contributed by atoms with Crippen LogP contribution in [0.3, 0.4) is 0 Å². The summed E-state index contributed by atoms with van der Waals surface area (Å²) in [6.07, 6.45) is 6.26. The zero-order chi connectivity index (χ0) is 19.1. The lowest BCUT2D eigenvalue weighted by Crippen LogP contribution is -2.44. The van der Waals surface area contributed by atoms with Crippen molar-refractivity contribution in [2.24, 2.45) is 0 Å². The van der Waals surface area contributed by atoms with Crippen LogP contribution in [0, 0.1) is 0 Å². The smallest absolute Gasteiger partial charge is 0.224 e. The van der Waals surface area contributed by atoms with E-state index in [1.165, 1.54) is 0 Å². The van der Waals surface area contributed by atoms with Crippen molar-refractivity contribution in [3.8, 4) is 0 Å². The van der Waals surface area contributed by atoms with Crippen molar-refractivity contribution < 1.29 is 4.79 Å². The summed E-state index contributed by atoms with van der Waals surface area (Å²) in [5.74, 6) is 0.0881. The summed E-state index contributed by atoms with van der Waals surface area (Å²) in [6.45, 7) is 2.79. The summed E-state index contributed by atoms with van der Waals surface area (Å²) in [7, 11) is 0. The fourth-order valence-electron chi connectivity index (χ4n) is 3.28. The highest BCUT2D eigenvalue weighted by atomic mass is 35.5. The summed E-state index contributed by atoms with van der Waals surface area (Å²) in [5, 5.41) is 4.33. The number of benzene rings is 2. The molecule has 2 aromatic rings. The molecule has 1 N–H and O–H groups in total. The number of hydrogen-bond acceptors (Lipinski definition) is 2. The predicted molar refractivity (Wildman–Crippen MR) is 113 cm³/mol. The van der Waals surface area contributed by atoms with Crippen LogP contribution < -0.4 is 5.32 Å². The van der Waals surface area contributed by atoms with Crippen molar-refractivity contribution in [2.75, 3.05) is 13.1 Å². The Balaban J connectivity index is 1.39. The molecule has 3 nitrogen and oxygen atoms in total. The molecule has 1 saturated heterocycles. The molecular weight excluding hydrogens is 379 g/mol. The quantitative estimate of drug-likeness (QED) is 0.721. The Kier molecular flexibility index (Phi) is 7.33. The Morgan fingerprint density at radius 1 is 1.07 bits per heavy atom. The number of piperidine rings is 1. The Bertz CT molecular complexity index is 784. The highest BCUT2D eigenvalue weighted by Gasteiger charge is 2.20. The maximum atomic E-state index is 12.1. The maximum Gasteiger partial charge on any atom is 0.224 e. The molecule has 1 fully saturated rings. The first kappa shape index (κ1) is 19.9. The zero-order valence-corrected chi connectivity index (χ0v) is 16.7. The minimum absolute atomic E-state index is 0.0881. The third kappa shape index (κ3) is 6.39. The fourth-order valence-corrected chi connectivity index (χ4v) is 3.61. The van der Waals surface area contributed by atoms with Crippen molar-refractivity contribution in [3.63, 3.8) is 0 Å². The third-order valence-corrected chi connectivity index (χ3v) is 5.50. The van der Waals surface area contributed by atoms with Crippen LogP contribution in [0.25, 0.3) is 6.08 Å². The topological polar surface area (TPSA) is 32.3 Å². The second kappa shape index (κ2) is 9.93. The first-order valence-corrected chi connectivity index (χ1v) is 10.0. The normalized spacial score (nSPS) is 15.9. The van der Waals surface area contributed by atoms with E-state index in [1.54, 1.807) is 0 Å². The number of carbonyl (C=O) groups excluding carboxylic acids is 1. The van der Waals surface area contributed by atoms with Crippen molar-refractivity contribution in [2.45, 2.75) is 31.8 Å². The van der Waals surface area contributed by atoms with Crippen LogP contribution in [0.5, 0.6) is 0 Å². The van der Waals surface area contributed by atoms with Crippen LogP contribution in [0.4, 0.5) is 0 Å². The molecular formula is C22H24Cl2N2O. The number of carbonyl (C=O) groups is 1. The number of nitrogens with zero attached hydrogens (tertiary/aromatic N) is 1. The van der Waals surface area contributed by atoms with E-state index in [1.807, 2.05) is 60.7 Å². The summed E-state index contributed by atoms with van der Waals surface area (Å²) >= 11 is 12.1. The highest BCUT2D eigenvalue weighted by Crippen LogP contribution is 2.24. The number of rotatable bonds is 6. The van der Waals surface area contributed by atoms with Crippen molar-refractivity contribution >= 4 is 35.2 Å². The molecule has 0 saturated carbocycles. The second-order valence-corrected chi connectivity index (χ2v) is 7.70. The van der Waals surface area contributed by atoms with Crippen LogP contribution in [-0.2, 0) is 11.3 Å². The van der Waals surface area contributed by atoms with Gasteiger partial charge in [-0.2, -0.15) is 0 Å². The van der Waals surface area contributed by atoms with Gasteiger partial charge in [-0.05, 0) is 36.1 Å². The standard InChI is InChI=1S/C22H24Cl2N2O/c23-20-10-9-18(15-21(20)24)16-26-13-11-19(12-14-26)25-22(27)8-4-7-17-5-2-1-3-6-17/h1-7,9-10,15,19H,8,11-14,16H2,(H,25,27)/b7-4+. The molecule has 0 bridgehead atoms. The van der Waals surface area contributed by atoms with E-state index in [2.05, 4.69) is 10.2 Å². The number of hydrogen-bond donors (Lipinski definition) is 1. The molecule has 1 heterocycles. The van der Waals surface area contributed by atoms with Crippen molar-refractivity contribution in [1.29, 1.82) is 0 Å². The lowest BCUT2D eigenvalue weighted by Gasteiger charge is -2.32. The molecule has 0 radical (unpaired) electrons. The van der Waals surface area contributed by atoms with Gasteiger partial charge < -0.3 is 5.32 Å². The van der Waals surface area contributed by atoms with Gasteiger partial charge in [0.1, 0.15) is 0 Å². The zero-order valence-electron chi connectivity index (χ0n) is 15.2. The summed E-state index contributed by atoms with van der Waals surface area (Å²) < 4.78 is 0. The molecule has 0 aliphatic carbocycles. The number of likely N-dealkylation sites (tertiary alicyclic amines) is 1. The van der Waals surface area contributed by atoms with E-state index in [4.69, 9.17) is 23.2 Å². The van der Waals surface area contributed by atoms with Gasteiger partial charge in [-0.3, -0.25) is 9.69 Å². The van der Waals surface area contributed by atoms with Gasteiger partial charge in [0.05, 0.1) is 10.0 Å². The molecule has 1 aliphatic rings. The Morgan fingerprint density at radius 3 is 2.52 bits per heavy atom. The first-order valence-electron chi connectivity index (χ1n) is 9.27. The molecule has 3 rings (SSSR count). The largest absolute Gasteiger partial charge is 0.353 e. The average Bonchev–Trinajstić information content (AvgIpc) is 2.67. The minimum atomic E-state index is 0.0881. The SMILES string of the molecule is O=C(C/C=C/c1ccccc1)NC1CCN(Cc2ccc(Cl)c(Cl)c2)CC1. The second-order valence-electron chi connectivity index (χ2n) is 6.88. The van der Waals surface area contributed by atoms with Gasteiger partial charge in [-0.15, -0.1) is 0 Å². The molecule has 0 spiro atoms. The highest BCUT2D eigenvalue weighted by molar-refractivity contribution is 6.42. The van der Waals surface area contributed by atoms with Crippen LogP contribution >= 0.6 is 23.2 Å². The molecule has 27 heavy (non-hydrogen) atoms. The first-order chi connectivity index (χ1) is 13.1. The minimum Gasteiger partial charge on any atom is -0.353 e. The summed E-state index contributed by atoms with van der Waals surface area (Å²) in [6, 6.07) is 16.1. The van der Waals surface area contributed by atoms with E-state index >= 15 is 0 Å². The lowest BCUT2D eigenvalue weighted by molar-refractivity contribution is -0.121. The Hall–Kier alpha value is -1.81. The fraction of sp³-hybridized carbons (Fsp3) is 0.318. The molecule has 142 valence electrons. The van der Waals surface area contributed by atoms with Gasteiger partial charge in [0.25, 0.3) is 0 Å². The molecule has 1 aliphatic heterocycles. The van der Waals surface area contributed by atoms with Gasteiger partial charge in [0.2, 0.25) is 5.91 Å². The number of halogens is 2. The van der Waals surface area contributed by atoms with Crippen LogP contribution in [0.1, 0.15) is 30.4 Å². The number of amides is 1. The van der Waals surface area contributed by atoms with E-state index in [9.17, 15) is 4.79 Å². The summed E-state index contributed by atoms with van der Waals surface area (Å²) in [5.41, 5.74) is 2.28. The van der Waals surface area contributed by atoms with E-state index in [0.29, 0.717) is 16.5 Å². The van der Waals surface area contributed by atoms with Gasteiger partial charge in [0.15, 0.2) is 0 Å². The summed E-state index contributed by atoms with van der Waals surface area (Å²) in [4.78, 5) is 14.5. The predicted octanol–water partition coefficient (Wildman–Crippen LogP) is 5.18. The molecule has 0 aromatic heterocycles. The Morgan fingerprint density at radius 2 is 1.81 bits per heavy atom.